The van der Waals surface area contributed by atoms with Gasteiger partial charge in [-0.05, 0) is 6.42 Å². The molecule has 0 aromatic carbocycles. The monoisotopic (exact) mass is 202 g/mol. The molecule has 1 heterocycles. The summed E-state index contributed by atoms with van der Waals surface area (Å²) < 4.78 is 9.56. The highest BCUT2D eigenvalue weighted by Gasteiger charge is 2.39. The van der Waals surface area contributed by atoms with Crippen molar-refractivity contribution >= 4 is 11.8 Å². The fraction of sp³-hybridized carbons (Fsp3) is 0.750. The fourth-order valence-corrected chi connectivity index (χ4v) is 1.38. The predicted octanol–water partition coefficient (Wildman–Crippen LogP) is -1.31. The number of nitrogens with two attached hydrogens (primary N) is 1. The second-order valence-electron chi connectivity index (χ2n) is 3.04. The number of carbonyl (C=O) groups is 2. The molecule has 1 rings (SSSR count). The second-order valence-corrected chi connectivity index (χ2v) is 3.04. The van der Waals surface area contributed by atoms with Crippen LogP contribution in [0.1, 0.15) is 6.42 Å². The molecule has 0 spiro atoms. The van der Waals surface area contributed by atoms with E-state index in [1.54, 1.807) is 0 Å². The molecule has 2 amide bonds. The molecular formula is C8H14N2O4. The van der Waals surface area contributed by atoms with Crippen molar-refractivity contribution in [1.29, 1.82) is 0 Å². The number of methoxy groups -OCH3 is 2. The Morgan fingerprint density at radius 2 is 2.00 bits per heavy atom. The van der Waals surface area contributed by atoms with Gasteiger partial charge < -0.3 is 20.1 Å². The van der Waals surface area contributed by atoms with Crippen LogP contribution in [0.15, 0.2) is 0 Å². The van der Waals surface area contributed by atoms with Crippen LogP contribution in [0.4, 0.5) is 0 Å². The Morgan fingerprint density at radius 3 is 2.29 bits per heavy atom. The van der Waals surface area contributed by atoms with E-state index in [9.17, 15) is 9.59 Å². The largest absolute Gasteiger partial charge is 0.368 e. The van der Waals surface area contributed by atoms with E-state index in [0.717, 1.165) is 0 Å². The summed E-state index contributed by atoms with van der Waals surface area (Å²) in [6.07, 6.45) is -0.335. The van der Waals surface area contributed by atoms with Gasteiger partial charge in [0, 0.05) is 20.8 Å². The lowest BCUT2D eigenvalue weighted by molar-refractivity contribution is -0.179. The molecule has 1 saturated heterocycles. The van der Waals surface area contributed by atoms with Crippen molar-refractivity contribution in [2.75, 3.05) is 20.8 Å². The van der Waals surface area contributed by atoms with Gasteiger partial charge in [-0.25, -0.2) is 0 Å². The van der Waals surface area contributed by atoms with Crippen molar-refractivity contribution in [3.05, 3.63) is 0 Å². The van der Waals surface area contributed by atoms with Crippen molar-refractivity contribution in [3.8, 4) is 0 Å². The standard InChI is InChI=1S/C8H14N2O4/c1-13-8(14-2)7(12)10-4-3-5(10)6(9)11/h5,8H,3-4H2,1-2H3,(H2,9,11). The van der Waals surface area contributed by atoms with Crippen LogP contribution in [-0.2, 0) is 19.1 Å². The van der Waals surface area contributed by atoms with Crippen LogP contribution in [0, 0.1) is 0 Å². The third-order valence-electron chi connectivity index (χ3n) is 2.26. The minimum atomic E-state index is -0.947. The molecule has 6 heteroatoms. The summed E-state index contributed by atoms with van der Waals surface area (Å²) in [6, 6.07) is -0.504. The number of likely N-dealkylation sites (tertiary alicyclic amines) is 1. The smallest absolute Gasteiger partial charge is 0.280 e. The molecule has 0 aromatic rings. The Hall–Kier alpha value is -1.14. The normalized spacial score (nSPS) is 20.8. The van der Waals surface area contributed by atoms with Gasteiger partial charge in [-0.1, -0.05) is 0 Å². The molecule has 1 aliphatic heterocycles. The minimum Gasteiger partial charge on any atom is -0.368 e. The molecular weight excluding hydrogens is 188 g/mol. The first kappa shape index (κ1) is 10.9. The van der Waals surface area contributed by atoms with Gasteiger partial charge in [-0.15, -0.1) is 0 Å². The Labute approximate surface area is 81.9 Å². The Bertz CT molecular complexity index is 239. The SMILES string of the molecule is COC(OC)C(=O)N1CCC1C(N)=O. The van der Waals surface area contributed by atoms with E-state index >= 15 is 0 Å². The van der Waals surface area contributed by atoms with E-state index < -0.39 is 18.2 Å². The summed E-state index contributed by atoms with van der Waals surface area (Å²) in [5, 5.41) is 0. The molecule has 0 saturated carbocycles. The second kappa shape index (κ2) is 4.39. The molecule has 6 nitrogen and oxygen atoms in total. The van der Waals surface area contributed by atoms with Crippen molar-refractivity contribution in [1.82, 2.24) is 4.90 Å². The highest BCUT2D eigenvalue weighted by atomic mass is 16.7. The molecule has 0 aromatic heterocycles. The lowest BCUT2D eigenvalue weighted by Gasteiger charge is -2.39. The van der Waals surface area contributed by atoms with Crippen LogP contribution >= 0.6 is 0 Å². The summed E-state index contributed by atoms with van der Waals surface area (Å²) in [7, 11) is 2.73. The molecule has 14 heavy (non-hydrogen) atoms. The molecule has 0 aliphatic carbocycles. The molecule has 1 atom stereocenters. The molecule has 80 valence electrons. The number of hydrogen-bond acceptors (Lipinski definition) is 4. The van der Waals surface area contributed by atoms with Crippen molar-refractivity contribution in [2.45, 2.75) is 18.8 Å². The molecule has 0 radical (unpaired) electrons. The van der Waals surface area contributed by atoms with Crippen molar-refractivity contribution in [3.63, 3.8) is 0 Å². The fourth-order valence-electron chi connectivity index (χ4n) is 1.38. The van der Waals surface area contributed by atoms with Gasteiger partial charge in [0.05, 0.1) is 0 Å². The minimum absolute atomic E-state index is 0.356. The zero-order chi connectivity index (χ0) is 10.7. The number of hydrogen-bond donors (Lipinski definition) is 1. The Kier molecular flexibility index (Phi) is 3.43. The Morgan fingerprint density at radius 1 is 1.43 bits per heavy atom. The Balaban J connectivity index is 2.57. The van der Waals surface area contributed by atoms with Crippen molar-refractivity contribution in [2.24, 2.45) is 5.73 Å². The van der Waals surface area contributed by atoms with Crippen LogP contribution in [0.25, 0.3) is 0 Å². The van der Waals surface area contributed by atoms with E-state index in [0.29, 0.717) is 13.0 Å². The van der Waals surface area contributed by atoms with E-state index in [1.165, 1.54) is 19.1 Å². The van der Waals surface area contributed by atoms with Gasteiger partial charge in [0.2, 0.25) is 12.2 Å². The lowest BCUT2D eigenvalue weighted by atomic mass is 10.0. The van der Waals surface area contributed by atoms with Crippen LogP contribution in [0.5, 0.6) is 0 Å². The average molecular weight is 202 g/mol. The number of carbonyl (C=O) groups excluding carboxylic acids is 2. The first-order chi connectivity index (χ1) is 6.61. The summed E-state index contributed by atoms with van der Waals surface area (Å²) in [4.78, 5) is 23.8. The van der Waals surface area contributed by atoms with Crippen LogP contribution in [0.2, 0.25) is 0 Å². The zero-order valence-electron chi connectivity index (χ0n) is 8.23. The molecule has 2 N–H and O–H groups in total. The maximum atomic E-state index is 11.6. The highest BCUT2D eigenvalue weighted by Crippen LogP contribution is 2.18. The lowest BCUT2D eigenvalue weighted by Crippen LogP contribution is -2.60. The number of amides is 2. The van der Waals surface area contributed by atoms with Crippen LogP contribution < -0.4 is 5.73 Å². The zero-order valence-corrected chi connectivity index (χ0v) is 8.23. The third kappa shape index (κ3) is 1.85. The summed E-state index contributed by atoms with van der Waals surface area (Å²) in [6.45, 7) is 0.523. The highest BCUT2D eigenvalue weighted by molar-refractivity contribution is 5.89. The van der Waals surface area contributed by atoms with E-state index in [1.807, 2.05) is 0 Å². The van der Waals surface area contributed by atoms with E-state index in [2.05, 4.69) is 0 Å². The molecule has 1 fully saturated rings. The van der Waals surface area contributed by atoms with Crippen LogP contribution in [0.3, 0.4) is 0 Å². The van der Waals surface area contributed by atoms with E-state index in [-0.39, 0.29) is 5.91 Å². The number of rotatable bonds is 4. The van der Waals surface area contributed by atoms with Gasteiger partial charge in [-0.2, -0.15) is 0 Å². The van der Waals surface area contributed by atoms with Gasteiger partial charge in [0.15, 0.2) is 0 Å². The maximum absolute atomic E-state index is 11.6. The topological polar surface area (TPSA) is 81.9 Å². The van der Waals surface area contributed by atoms with E-state index in [4.69, 9.17) is 15.2 Å². The molecule has 1 unspecified atom stereocenters. The van der Waals surface area contributed by atoms with Crippen molar-refractivity contribution < 1.29 is 19.1 Å². The number of primary amides is 1. The van der Waals surface area contributed by atoms with Gasteiger partial charge >= 0.3 is 0 Å². The summed E-state index contributed by atoms with van der Waals surface area (Å²) in [5.41, 5.74) is 5.09. The first-order valence-corrected chi connectivity index (χ1v) is 4.27. The van der Waals surface area contributed by atoms with Gasteiger partial charge in [0.1, 0.15) is 6.04 Å². The first-order valence-electron chi connectivity index (χ1n) is 4.27. The van der Waals surface area contributed by atoms with Gasteiger partial charge in [-0.3, -0.25) is 9.59 Å². The quantitative estimate of drug-likeness (QED) is 0.574. The summed E-state index contributed by atoms with van der Waals surface area (Å²) in [5.74, 6) is -0.847. The third-order valence-corrected chi connectivity index (χ3v) is 2.26. The average Bonchev–Trinajstić information content (AvgIpc) is 2.02. The molecule has 1 aliphatic rings. The number of ether oxygens (including phenoxy) is 2. The maximum Gasteiger partial charge on any atom is 0.280 e. The summed E-state index contributed by atoms with van der Waals surface area (Å²) >= 11 is 0. The molecule has 0 bridgehead atoms. The van der Waals surface area contributed by atoms with Crippen LogP contribution in [-0.4, -0.2) is 49.8 Å². The van der Waals surface area contributed by atoms with Gasteiger partial charge in [0.25, 0.3) is 5.91 Å². The predicted molar refractivity (Wildman–Crippen MR) is 47.1 cm³/mol. The number of nitrogens with zero attached hydrogens (tertiary/aromatic N) is 1.